The summed E-state index contributed by atoms with van der Waals surface area (Å²) in [5.41, 5.74) is 3.44. The van der Waals surface area contributed by atoms with E-state index >= 15 is 0 Å². The summed E-state index contributed by atoms with van der Waals surface area (Å²) in [7, 11) is 0. The molecule has 2 N–H and O–H groups in total. The van der Waals surface area contributed by atoms with Gasteiger partial charge in [0.15, 0.2) is 10.3 Å². The fourth-order valence-electron chi connectivity index (χ4n) is 3.25. The Bertz CT molecular complexity index is 981. The molecule has 0 radical (unpaired) electrons. The number of nitrogens with one attached hydrogen (secondary N) is 2. The SMILES string of the molecule is CCCCC1CSC(Nc2ccc(CCNc3nc4ccc(S)cc4s3)cc2)=N1. The van der Waals surface area contributed by atoms with E-state index in [4.69, 9.17) is 4.99 Å². The summed E-state index contributed by atoms with van der Waals surface area (Å²) in [6, 6.07) is 15.2. The number of hydrogen-bond donors (Lipinski definition) is 3. The number of aromatic nitrogens is 1. The van der Waals surface area contributed by atoms with Crippen LogP contribution in [0.5, 0.6) is 0 Å². The number of benzene rings is 2. The van der Waals surface area contributed by atoms with E-state index in [1.54, 1.807) is 11.3 Å². The molecule has 0 bridgehead atoms. The van der Waals surface area contributed by atoms with Gasteiger partial charge in [-0.3, -0.25) is 4.99 Å². The zero-order chi connectivity index (χ0) is 20.1. The number of thiazole rings is 1. The predicted octanol–water partition coefficient (Wildman–Crippen LogP) is 6.31. The molecule has 0 amide bonds. The van der Waals surface area contributed by atoms with E-state index in [0.717, 1.165) is 45.1 Å². The number of aliphatic imine (C=N–C) groups is 1. The smallest absolute Gasteiger partial charge is 0.183 e. The van der Waals surface area contributed by atoms with Crippen molar-refractivity contribution in [1.29, 1.82) is 0 Å². The third kappa shape index (κ3) is 5.68. The highest BCUT2D eigenvalue weighted by Crippen LogP contribution is 2.28. The first-order chi connectivity index (χ1) is 14.2. The van der Waals surface area contributed by atoms with Gasteiger partial charge in [0, 0.05) is 22.9 Å². The van der Waals surface area contributed by atoms with Gasteiger partial charge in [-0.05, 0) is 48.7 Å². The summed E-state index contributed by atoms with van der Waals surface area (Å²) in [6.45, 7) is 3.10. The fraction of sp³-hybridized carbons (Fsp3) is 0.364. The highest BCUT2D eigenvalue weighted by Gasteiger charge is 2.17. The summed E-state index contributed by atoms with van der Waals surface area (Å²) >= 11 is 7.90. The average Bonchev–Trinajstić information content (AvgIpc) is 3.33. The lowest BCUT2D eigenvalue weighted by Crippen LogP contribution is -2.06. The quantitative estimate of drug-likeness (QED) is 0.358. The van der Waals surface area contributed by atoms with E-state index in [0.29, 0.717) is 6.04 Å². The highest BCUT2D eigenvalue weighted by molar-refractivity contribution is 8.14. The monoisotopic (exact) mass is 442 g/mol. The van der Waals surface area contributed by atoms with Crippen LogP contribution in [0.4, 0.5) is 10.8 Å². The molecule has 7 heteroatoms. The average molecular weight is 443 g/mol. The van der Waals surface area contributed by atoms with Crippen molar-refractivity contribution in [3.8, 4) is 0 Å². The van der Waals surface area contributed by atoms with E-state index < -0.39 is 0 Å². The number of unbranched alkanes of at least 4 members (excludes halogenated alkanes) is 1. The lowest BCUT2D eigenvalue weighted by atomic mass is 10.1. The third-order valence-corrected chi connectivity index (χ3v) is 7.16. The van der Waals surface area contributed by atoms with Crippen LogP contribution >= 0.6 is 35.7 Å². The van der Waals surface area contributed by atoms with Crippen molar-refractivity contribution in [1.82, 2.24) is 4.98 Å². The van der Waals surface area contributed by atoms with Crippen molar-refractivity contribution in [2.24, 2.45) is 4.99 Å². The standard InChI is InChI=1S/C22H26N4S3/c1-2-3-4-17-14-28-22(25-17)24-16-7-5-15(6-8-16)11-12-23-21-26-19-10-9-18(27)13-20(19)29-21/h5-10,13,17,27H,2-4,11-12,14H2,1H3,(H,23,26)(H,24,25). The first kappa shape index (κ1) is 20.6. The van der Waals surface area contributed by atoms with E-state index in [1.807, 2.05) is 23.9 Å². The van der Waals surface area contributed by atoms with Gasteiger partial charge in [0.05, 0.1) is 16.3 Å². The molecule has 0 saturated heterocycles. The minimum Gasteiger partial charge on any atom is -0.361 e. The lowest BCUT2D eigenvalue weighted by Gasteiger charge is -2.07. The first-order valence-corrected chi connectivity index (χ1v) is 12.3. The van der Waals surface area contributed by atoms with Crippen molar-refractivity contribution in [2.75, 3.05) is 22.9 Å². The molecule has 2 aromatic carbocycles. The molecular formula is C22H26N4S3. The van der Waals surface area contributed by atoms with E-state index in [-0.39, 0.29) is 0 Å². The second-order valence-corrected chi connectivity index (χ2v) is 9.77. The lowest BCUT2D eigenvalue weighted by molar-refractivity contribution is 0.630. The maximum absolute atomic E-state index is 4.80. The van der Waals surface area contributed by atoms with Gasteiger partial charge in [0.2, 0.25) is 0 Å². The normalized spacial score (nSPS) is 16.2. The summed E-state index contributed by atoms with van der Waals surface area (Å²) in [4.78, 5) is 10.4. The summed E-state index contributed by atoms with van der Waals surface area (Å²) in [5.74, 6) is 1.10. The molecule has 1 aliphatic heterocycles. The molecule has 29 heavy (non-hydrogen) atoms. The Kier molecular flexibility index (Phi) is 7.00. The number of fused-ring (bicyclic) bond motifs is 1. The minimum absolute atomic E-state index is 0.481. The Labute approximate surface area is 186 Å². The maximum Gasteiger partial charge on any atom is 0.183 e. The fourth-order valence-corrected chi connectivity index (χ4v) is 5.48. The molecule has 1 aromatic heterocycles. The van der Waals surface area contributed by atoms with Crippen LogP contribution in [0.25, 0.3) is 10.2 Å². The second-order valence-electron chi connectivity index (χ2n) is 7.21. The van der Waals surface area contributed by atoms with Crippen molar-refractivity contribution in [3.05, 3.63) is 48.0 Å². The second kappa shape index (κ2) is 9.87. The number of nitrogens with zero attached hydrogens (tertiary/aromatic N) is 2. The molecule has 0 spiro atoms. The molecule has 0 aliphatic carbocycles. The Morgan fingerprint density at radius 1 is 1.17 bits per heavy atom. The molecular weight excluding hydrogens is 416 g/mol. The first-order valence-electron chi connectivity index (χ1n) is 10.1. The van der Waals surface area contributed by atoms with Gasteiger partial charge in [0.1, 0.15) is 0 Å². The number of anilines is 2. The van der Waals surface area contributed by atoms with Gasteiger partial charge in [0.25, 0.3) is 0 Å². The Hall–Kier alpha value is -1.70. The largest absolute Gasteiger partial charge is 0.361 e. The Morgan fingerprint density at radius 2 is 2.03 bits per heavy atom. The summed E-state index contributed by atoms with van der Waals surface area (Å²) in [6.07, 6.45) is 4.66. The minimum atomic E-state index is 0.481. The molecule has 0 saturated carbocycles. The van der Waals surface area contributed by atoms with Crippen LogP contribution in [0.1, 0.15) is 31.7 Å². The van der Waals surface area contributed by atoms with Crippen molar-refractivity contribution in [3.63, 3.8) is 0 Å². The van der Waals surface area contributed by atoms with Crippen LogP contribution in [-0.4, -0.2) is 28.5 Å². The molecule has 1 atom stereocenters. The zero-order valence-electron chi connectivity index (χ0n) is 16.5. The maximum atomic E-state index is 4.80. The van der Waals surface area contributed by atoms with E-state index in [9.17, 15) is 0 Å². The Morgan fingerprint density at radius 3 is 2.86 bits per heavy atom. The van der Waals surface area contributed by atoms with Gasteiger partial charge < -0.3 is 10.6 Å². The number of thioether (sulfide) groups is 1. The number of hydrogen-bond acceptors (Lipinski definition) is 7. The van der Waals surface area contributed by atoms with Gasteiger partial charge in [-0.15, -0.1) is 12.6 Å². The third-order valence-electron chi connectivity index (χ3n) is 4.87. The zero-order valence-corrected chi connectivity index (χ0v) is 19.0. The van der Waals surface area contributed by atoms with Crippen molar-refractivity contribution in [2.45, 2.75) is 43.5 Å². The molecule has 4 rings (SSSR count). The van der Waals surface area contributed by atoms with Gasteiger partial charge >= 0.3 is 0 Å². The molecule has 0 fully saturated rings. The number of thiol groups is 1. The van der Waals surface area contributed by atoms with Crippen molar-refractivity contribution < 1.29 is 0 Å². The molecule has 4 nitrogen and oxygen atoms in total. The molecule has 2 heterocycles. The number of rotatable bonds is 8. The topological polar surface area (TPSA) is 49.3 Å². The molecule has 1 unspecified atom stereocenters. The summed E-state index contributed by atoms with van der Waals surface area (Å²) in [5, 5.41) is 8.92. The highest BCUT2D eigenvalue weighted by atomic mass is 32.2. The van der Waals surface area contributed by atoms with E-state index in [2.05, 4.69) is 65.5 Å². The van der Waals surface area contributed by atoms with Crippen LogP contribution in [-0.2, 0) is 6.42 Å². The number of amidine groups is 1. The van der Waals surface area contributed by atoms with Crippen LogP contribution in [0.3, 0.4) is 0 Å². The molecule has 1 aliphatic rings. The Balaban J connectivity index is 1.26. The van der Waals surface area contributed by atoms with Gasteiger partial charge in [-0.25, -0.2) is 4.98 Å². The molecule has 3 aromatic rings. The van der Waals surface area contributed by atoms with Crippen LogP contribution in [0.15, 0.2) is 52.4 Å². The summed E-state index contributed by atoms with van der Waals surface area (Å²) < 4.78 is 1.17. The van der Waals surface area contributed by atoms with Gasteiger partial charge in [-0.2, -0.15) is 0 Å². The van der Waals surface area contributed by atoms with Crippen molar-refractivity contribution >= 4 is 61.9 Å². The van der Waals surface area contributed by atoms with E-state index in [1.165, 1.54) is 29.5 Å². The molecule has 152 valence electrons. The van der Waals surface area contributed by atoms with Gasteiger partial charge in [-0.1, -0.05) is 55.0 Å². The van der Waals surface area contributed by atoms with Crippen LogP contribution in [0.2, 0.25) is 0 Å². The van der Waals surface area contributed by atoms with Crippen LogP contribution < -0.4 is 10.6 Å². The van der Waals surface area contributed by atoms with Crippen LogP contribution in [0, 0.1) is 0 Å². The predicted molar refractivity (Wildman–Crippen MR) is 132 cm³/mol.